The predicted octanol–water partition coefficient (Wildman–Crippen LogP) is 4.31. The lowest BCUT2D eigenvalue weighted by molar-refractivity contribution is -0.145. The fourth-order valence-corrected chi connectivity index (χ4v) is 2.79. The number of halogens is 7. The SMILES string of the molecule is COC(=O)[C@H](Cc1cccc(F)c1)NC(=O)Cc1cc(C(F)(F)F)cc(C(F)(F)F)c1. The average molecular weight is 451 g/mol. The van der Waals surface area contributed by atoms with Crippen molar-refractivity contribution in [2.75, 3.05) is 7.11 Å². The molecule has 0 radical (unpaired) electrons. The Balaban J connectivity index is 2.24. The molecule has 1 N–H and O–H groups in total. The van der Waals surface area contributed by atoms with E-state index in [4.69, 9.17) is 0 Å². The van der Waals surface area contributed by atoms with Crippen LogP contribution < -0.4 is 5.32 Å². The van der Waals surface area contributed by atoms with Gasteiger partial charge in [0.05, 0.1) is 24.7 Å². The van der Waals surface area contributed by atoms with E-state index in [1.165, 1.54) is 12.1 Å². The Kier molecular flexibility index (Phi) is 7.29. The smallest absolute Gasteiger partial charge is 0.416 e. The van der Waals surface area contributed by atoms with Crippen LogP contribution in [0, 0.1) is 5.82 Å². The first-order valence-electron chi connectivity index (χ1n) is 8.69. The molecular weight excluding hydrogens is 435 g/mol. The van der Waals surface area contributed by atoms with Crippen LogP contribution in [0.2, 0.25) is 0 Å². The molecule has 11 heteroatoms. The number of benzene rings is 2. The van der Waals surface area contributed by atoms with E-state index >= 15 is 0 Å². The highest BCUT2D eigenvalue weighted by atomic mass is 19.4. The van der Waals surface area contributed by atoms with Crippen LogP contribution in [0.3, 0.4) is 0 Å². The Bertz CT molecular complexity index is 922. The first-order chi connectivity index (χ1) is 14.3. The van der Waals surface area contributed by atoms with Crippen LogP contribution in [0.4, 0.5) is 30.7 Å². The molecule has 0 aliphatic rings. The van der Waals surface area contributed by atoms with Crippen molar-refractivity contribution in [3.05, 3.63) is 70.5 Å². The zero-order valence-corrected chi connectivity index (χ0v) is 15.9. The van der Waals surface area contributed by atoms with Crippen molar-refractivity contribution >= 4 is 11.9 Å². The summed E-state index contributed by atoms with van der Waals surface area (Å²) in [6, 6.07) is 4.56. The lowest BCUT2D eigenvalue weighted by Crippen LogP contribution is -2.43. The molecule has 4 nitrogen and oxygen atoms in total. The van der Waals surface area contributed by atoms with Crippen LogP contribution >= 0.6 is 0 Å². The topological polar surface area (TPSA) is 55.4 Å². The minimum absolute atomic E-state index is 0.0530. The molecule has 2 rings (SSSR count). The number of nitrogens with one attached hydrogen (secondary N) is 1. The second kappa shape index (κ2) is 9.36. The van der Waals surface area contributed by atoms with Gasteiger partial charge in [-0.15, -0.1) is 0 Å². The number of hydrogen-bond donors (Lipinski definition) is 1. The third kappa shape index (κ3) is 6.97. The average Bonchev–Trinajstić information content (AvgIpc) is 2.65. The van der Waals surface area contributed by atoms with E-state index in [1.54, 1.807) is 0 Å². The number of esters is 1. The minimum Gasteiger partial charge on any atom is -0.467 e. The van der Waals surface area contributed by atoms with Crippen LogP contribution in [-0.2, 0) is 39.5 Å². The van der Waals surface area contributed by atoms with E-state index in [1.807, 2.05) is 0 Å². The molecule has 0 aliphatic carbocycles. The molecule has 2 aromatic carbocycles. The molecule has 1 atom stereocenters. The van der Waals surface area contributed by atoms with E-state index < -0.39 is 59.2 Å². The molecule has 0 heterocycles. The summed E-state index contributed by atoms with van der Waals surface area (Å²) >= 11 is 0. The van der Waals surface area contributed by atoms with Gasteiger partial charge in [-0.05, 0) is 41.5 Å². The van der Waals surface area contributed by atoms with E-state index in [0.717, 1.165) is 19.2 Å². The number of methoxy groups -OCH3 is 1. The molecular formula is C20H16F7NO3. The van der Waals surface area contributed by atoms with Crippen molar-refractivity contribution in [3.63, 3.8) is 0 Å². The molecule has 0 spiro atoms. The van der Waals surface area contributed by atoms with Crippen LogP contribution in [0.15, 0.2) is 42.5 Å². The van der Waals surface area contributed by atoms with Gasteiger partial charge in [0.15, 0.2) is 0 Å². The van der Waals surface area contributed by atoms with Gasteiger partial charge in [-0.1, -0.05) is 12.1 Å². The normalized spacial score (nSPS) is 12.9. The molecule has 0 fully saturated rings. The predicted molar refractivity (Wildman–Crippen MR) is 94.2 cm³/mol. The van der Waals surface area contributed by atoms with Gasteiger partial charge in [0.2, 0.25) is 5.91 Å². The molecule has 0 unspecified atom stereocenters. The third-order valence-corrected chi connectivity index (χ3v) is 4.16. The maximum Gasteiger partial charge on any atom is 0.416 e. The number of carbonyl (C=O) groups is 2. The Labute approximate surface area is 172 Å². The van der Waals surface area contributed by atoms with Gasteiger partial charge in [-0.25, -0.2) is 9.18 Å². The molecule has 0 bridgehead atoms. The van der Waals surface area contributed by atoms with Gasteiger partial charge in [0.25, 0.3) is 0 Å². The number of hydrogen-bond acceptors (Lipinski definition) is 3. The minimum atomic E-state index is -5.06. The summed E-state index contributed by atoms with van der Waals surface area (Å²) < 4.78 is 95.6. The summed E-state index contributed by atoms with van der Waals surface area (Å²) in [6.45, 7) is 0. The summed E-state index contributed by atoms with van der Waals surface area (Å²) in [4.78, 5) is 24.2. The molecule has 1 amide bonds. The van der Waals surface area contributed by atoms with E-state index in [2.05, 4.69) is 10.1 Å². The van der Waals surface area contributed by atoms with Gasteiger partial charge < -0.3 is 10.1 Å². The summed E-state index contributed by atoms with van der Waals surface area (Å²) in [6.07, 6.45) is -11.2. The van der Waals surface area contributed by atoms with Crippen molar-refractivity contribution in [1.29, 1.82) is 0 Å². The van der Waals surface area contributed by atoms with Crippen molar-refractivity contribution in [2.45, 2.75) is 31.2 Å². The monoisotopic (exact) mass is 451 g/mol. The quantitative estimate of drug-likeness (QED) is 0.526. The summed E-state index contributed by atoms with van der Waals surface area (Å²) in [5.41, 5.74) is -3.35. The second-order valence-electron chi connectivity index (χ2n) is 6.57. The number of alkyl halides is 6. The van der Waals surface area contributed by atoms with Crippen LogP contribution in [-0.4, -0.2) is 25.0 Å². The molecule has 0 saturated heterocycles. The van der Waals surface area contributed by atoms with Crippen LogP contribution in [0.1, 0.15) is 22.3 Å². The number of ether oxygens (including phenoxy) is 1. The standard InChI is InChI=1S/C20H16F7NO3/c1-31-18(30)16(8-11-3-2-4-15(21)7-11)28-17(29)9-12-5-13(19(22,23)24)10-14(6-12)20(25,26)27/h2-7,10,16H,8-9H2,1H3,(H,28,29)/t16-/m0/s1. The lowest BCUT2D eigenvalue weighted by atomic mass is 10.0. The Morgan fingerprint density at radius 2 is 1.52 bits per heavy atom. The van der Waals surface area contributed by atoms with Crippen LogP contribution in [0.25, 0.3) is 0 Å². The molecule has 0 saturated carbocycles. The van der Waals surface area contributed by atoms with Crippen molar-refractivity contribution in [3.8, 4) is 0 Å². The zero-order chi connectivity index (χ0) is 23.4. The zero-order valence-electron chi connectivity index (χ0n) is 15.9. The highest BCUT2D eigenvalue weighted by Gasteiger charge is 2.37. The van der Waals surface area contributed by atoms with Gasteiger partial charge in [-0.3, -0.25) is 4.79 Å². The Morgan fingerprint density at radius 1 is 0.935 bits per heavy atom. The molecule has 2 aromatic rings. The maximum atomic E-state index is 13.3. The van der Waals surface area contributed by atoms with Crippen molar-refractivity contribution in [1.82, 2.24) is 5.32 Å². The number of amides is 1. The highest BCUT2D eigenvalue weighted by molar-refractivity contribution is 5.85. The van der Waals surface area contributed by atoms with Crippen LogP contribution in [0.5, 0.6) is 0 Å². The molecule has 31 heavy (non-hydrogen) atoms. The second-order valence-corrected chi connectivity index (χ2v) is 6.57. The molecule has 0 aromatic heterocycles. The van der Waals surface area contributed by atoms with E-state index in [9.17, 15) is 40.3 Å². The van der Waals surface area contributed by atoms with Gasteiger partial charge in [-0.2, -0.15) is 26.3 Å². The number of carbonyl (C=O) groups excluding carboxylic acids is 2. The first-order valence-corrected chi connectivity index (χ1v) is 8.69. The van der Waals surface area contributed by atoms with E-state index in [0.29, 0.717) is 17.7 Å². The largest absolute Gasteiger partial charge is 0.467 e. The van der Waals surface area contributed by atoms with E-state index in [-0.39, 0.29) is 12.5 Å². The number of rotatable bonds is 6. The van der Waals surface area contributed by atoms with Crippen molar-refractivity contribution in [2.24, 2.45) is 0 Å². The van der Waals surface area contributed by atoms with Gasteiger partial charge >= 0.3 is 18.3 Å². The fraction of sp³-hybridized carbons (Fsp3) is 0.300. The maximum absolute atomic E-state index is 13.3. The third-order valence-electron chi connectivity index (χ3n) is 4.16. The molecule has 0 aliphatic heterocycles. The lowest BCUT2D eigenvalue weighted by Gasteiger charge is -2.18. The fourth-order valence-electron chi connectivity index (χ4n) is 2.79. The Hall–Kier alpha value is -3.11. The first kappa shape index (κ1) is 24.2. The summed E-state index contributed by atoms with van der Waals surface area (Å²) in [5.74, 6) is -2.53. The van der Waals surface area contributed by atoms with Gasteiger partial charge in [0.1, 0.15) is 11.9 Å². The summed E-state index contributed by atoms with van der Waals surface area (Å²) in [5, 5.41) is 2.20. The molecule has 168 valence electrons. The summed E-state index contributed by atoms with van der Waals surface area (Å²) in [7, 11) is 1.02. The Morgan fingerprint density at radius 3 is 2.00 bits per heavy atom. The van der Waals surface area contributed by atoms with Crippen molar-refractivity contribution < 1.29 is 45.1 Å². The highest BCUT2D eigenvalue weighted by Crippen LogP contribution is 2.36. The van der Waals surface area contributed by atoms with Gasteiger partial charge in [0, 0.05) is 6.42 Å².